The van der Waals surface area contributed by atoms with Gasteiger partial charge in [0.25, 0.3) is 5.88 Å². The molecule has 1 aliphatic rings. The zero-order chi connectivity index (χ0) is 18.7. The predicted octanol–water partition coefficient (Wildman–Crippen LogP) is 3.68. The van der Waals surface area contributed by atoms with Crippen LogP contribution in [-0.2, 0) is 11.3 Å². The first-order valence-corrected chi connectivity index (χ1v) is 9.12. The lowest BCUT2D eigenvalue weighted by Crippen LogP contribution is -2.24. The zero-order valence-electron chi connectivity index (χ0n) is 14.2. The van der Waals surface area contributed by atoms with Gasteiger partial charge >= 0.3 is 5.69 Å². The number of halogens is 2. The molecule has 1 fully saturated rings. The van der Waals surface area contributed by atoms with Crippen molar-refractivity contribution >= 4 is 28.9 Å². The Bertz CT molecular complexity index is 778. The second-order valence-electron chi connectivity index (χ2n) is 5.98. The highest BCUT2D eigenvalue weighted by Crippen LogP contribution is 2.37. The van der Waals surface area contributed by atoms with Crippen LogP contribution in [0.5, 0.6) is 5.88 Å². The summed E-state index contributed by atoms with van der Waals surface area (Å²) in [6, 6.07) is 1.69. The fraction of sp³-hybridized carbons (Fsp3) is 0.600. The number of hydrogen-bond acceptors (Lipinski definition) is 6. The van der Waals surface area contributed by atoms with Gasteiger partial charge in [-0.3, -0.25) is 14.8 Å². The van der Waals surface area contributed by atoms with Gasteiger partial charge in [0.15, 0.2) is 11.4 Å². The van der Waals surface area contributed by atoms with Gasteiger partial charge in [-0.25, -0.2) is 0 Å². The molecule has 0 saturated carbocycles. The molecule has 3 heterocycles. The molecular formula is C15H19Cl2N5O4. The molecule has 26 heavy (non-hydrogen) atoms. The lowest BCUT2D eigenvalue weighted by Gasteiger charge is -2.27. The highest BCUT2D eigenvalue weighted by atomic mass is 35.5. The van der Waals surface area contributed by atoms with Crippen LogP contribution in [0.1, 0.15) is 37.6 Å². The predicted molar refractivity (Wildman–Crippen MR) is 94.6 cm³/mol. The van der Waals surface area contributed by atoms with Crippen molar-refractivity contribution in [1.29, 1.82) is 0 Å². The molecule has 11 heteroatoms. The van der Waals surface area contributed by atoms with Gasteiger partial charge in [-0.2, -0.15) is 14.9 Å². The Balaban J connectivity index is 1.71. The molecule has 1 aliphatic heterocycles. The summed E-state index contributed by atoms with van der Waals surface area (Å²) in [5.41, 5.74) is -0.300. The molecule has 2 aromatic rings. The van der Waals surface area contributed by atoms with Crippen LogP contribution in [0.2, 0.25) is 5.15 Å². The molecular weight excluding hydrogens is 385 g/mol. The number of aryl methyl sites for hydroxylation is 2. The van der Waals surface area contributed by atoms with E-state index < -0.39 is 16.7 Å². The number of ether oxygens (including phenoxy) is 2. The molecule has 0 aliphatic carbocycles. The highest BCUT2D eigenvalue weighted by molar-refractivity contribution is 6.29. The standard InChI is InChI=1S/C15H19Cl2N5O4/c1-10-14(22(23)24)15(21(18-10)13-5-2-4-12(17)26-13)25-9-3-7-20-8-6-11(16)19-20/h6,8,12-13H,2-5,7,9H2,1H3. The Morgan fingerprint density at radius 2 is 2.27 bits per heavy atom. The van der Waals surface area contributed by atoms with Crippen molar-refractivity contribution < 1.29 is 14.4 Å². The van der Waals surface area contributed by atoms with Crippen LogP contribution >= 0.6 is 23.2 Å². The number of hydrogen-bond donors (Lipinski definition) is 0. The van der Waals surface area contributed by atoms with E-state index in [0.29, 0.717) is 24.5 Å². The van der Waals surface area contributed by atoms with Crippen LogP contribution in [0.25, 0.3) is 0 Å². The monoisotopic (exact) mass is 403 g/mol. The second kappa shape index (κ2) is 8.24. The summed E-state index contributed by atoms with van der Waals surface area (Å²) in [4.78, 5) is 11.0. The number of aromatic nitrogens is 4. The zero-order valence-corrected chi connectivity index (χ0v) is 15.7. The molecule has 2 aromatic heterocycles. The van der Waals surface area contributed by atoms with Crippen molar-refractivity contribution in [1.82, 2.24) is 19.6 Å². The summed E-state index contributed by atoms with van der Waals surface area (Å²) in [5, 5.41) is 20.2. The molecule has 0 N–H and O–H groups in total. The second-order valence-corrected chi connectivity index (χ2v) is 6.85. The maximum Gasteiger partial charge on any atom is 0.353 e. The Kier molecular flexibility index (Phi) is 6.00. The molecule has 1 saturated heterocycles. The third-order valence-electron chi connectivity index (χ3n) is 4.03. The van der Waals surface area contributed by atoms with Crippen molar-refractivity contribution in [2.45, 2.75) is 50.9 Å². The third kappa shape index (κ3) is 4.28. The summed E-state index contributed by atoms with van der Waals surface area (Å²) in [5.74, 6) is 0.0989. The van der Waals surface area contributed by atoms with Crippen molar-refractivity contribution in [3.05, 3.63) is 33.2 Å². The van der Waals surface area contributed by atoms with Crippen molar-refractivity contribution in [2.75, 3.05) is 6.61 Å². The Hall–Kier alpha value is -1.84. The minimum absolute atomic E-state index is 0.0989. The molecule has 0 spiro atoms. The minimum atomic E-state index is -0.484. The van der Waals surface area contributed by atoms with E-state index in [-0.39, 0.29) is 23.9 Å². The lowest BCUT2D eigenvalue weighted by atomic mass is 10.2. The van der Waals surface area contributed by atoms with E-state index >= 15 is 0 Å². The van der Waals surface area contributed by atoms with Crippen LogP contribution in [0.15, 0.2) is 12.3 Å². The Labute approximate surface area is 159 Å². The SMILES string of the molecule is Cc1nn(C2CCCC(Cl)O2)c(OCCCn2ccc(Cl)n2)c1[N+](=O)[O-]. The fourth-order valence-electron chi connectivity index (χ4n) is 2.85. The quantitative estimate of drug-likeness (QED) is 0.302. The molecule has 3 rings (SSSR count). The van der Waals surface area contributed by atoms with E-state index in [0.717, 1.165) is 12.8 Å². The average Bonchev–Trinajstić information content (AvgIpc) is 3.14. The normalized spacial score (nSPS) is 20.3. The molecule has 0 bridgehead atoms. The summed E-state index contributed by atoms with van der Waals surface area (Å²) in [6.07, 6.45) is 4.15. The van der Waals surface area contributed by atoms with Crippen LogP contribution < -0.4 is 4.74 Å². The number of alkyl halides is 1. The van der Waals surface area contributed by atoms with Gasteiger partial charge in [-0.15, -0.1) is 0 Å². The molecule has 142 valence electrons. The average molecular weight is 404 g/mol. The van der Waals surface area contributed by atoms with Gasteiger partial charge in [-0.1, -0.05) is 23.2 Å². The largest absolute Gasteiger partial charge is 0.473 e. The van der Waals surface area contributed by atoms with Crippen LogP contribution in [0.4, 0.5) is 5.69 Å². The number of nitrogens with zero attached hydrogens (tertiary/aromatic N) is 5. The topological polar surface area (TPSA) is 97.2 Å². The number of nitro groups is 1. The van der Waals surface area contributed by atoms with E-state index in [9.17, 15) is 10.1 Å². The molecule has 2 unspecified atom stereocenters. The summed E-state index contributed by atoms with van der Waals surface area (Å²) in [6.45, 7) is 2.42. The van der Waals surface area contributed by atoms with Gasteiger partial charge in [-0.05, 0) is 32.3 Å². The first-order valence-electron chi connectivity index (χ1n) is 8.30. The number of rotatable bonds is 7. The van der Waals surface area contributed by atoms with Crippen LogP contribution in [-0.4, -0.2) is 36.7 Å². The highest BCUT2D eigenvalue weighted by Gasteiger charge is 2.33. The third-order valence-corrected chi connectivity index (χ3v) is 4.55. The van der Waals surface area contributed by atoms with E-state index in [1.807, 2.05) is 0 Å². The van der Waals surface area contributed by atoms with E-state index in [4.69, 9.17) is 32.7 Å². The van der Waals surface area contributed by atoms with Gasteiger partial charge in [0.1, 0.15) is 11.3 Å². The summed E-state index contributed by atoms with van der Waals surface area (Å²) in [7, 11) is 0. The van der Waals surface area contributed by atoms with E-state index in [1.54, 1.807) is 23.9 Å². The molecule has 0 radical (unpaired) electrons. The van der Waals surface area contributed by atoms with Crippen LogP contribution in [0, 0.1) is 17.0 Å². The van der Waals surface area contributed by atoms with E-state index in [2.05, 4.69) is 10.2 Å². The molecule has 0 amide bonds. The van der Waals surface area contributed by atoms with Crippen molar-refractivity contribution in [2.24, 2.45) is 0 Å². The van der Waals surface area contributed by atoms with Gasteiger partial charge in [0.2, 0.25) is 0 Å². The molecule has 0 aromatic carbocycles. The van der Waals surface area contributed by atoms with Gasteiger partial charge in [0, 0.05) is 19.2 Å². The van der Waals surface area contributed by atoms with Crippen molar-refractivity contribution in [3.8, 4) is 5.88 Å². The van der Waals surface area contributed by atoms with E-state index in [1.165, 1.54) is 4.68 Å². The maximum atomic E-state index is 11.4. The lowest BCUT2D eigenvalue weighted by molar-refractivity contribution is -0.386. The summed E-state index contributed by atoms with van der Waals surface area (Å²) >= 11 is 11.8. The molecule has 9 nitrogen and oxygen atoms in total. The van der Waals surface area contributed by atoms with Gasteiger partial charge in [0.05, 0.1) is 11.5 Å². The van der Waals surface area contributed by atoms with Gasteiger partial charge < -0.3 is 9.47 Å². The van der Waals surface area contributed by atoms with Crippen molar-refractivity contribution in [3.63, 3.8) is 0 Å². The minimum Gasteiger partial charge on any atom is -0.473 e. The smallest absolute Gasteiger partial charge is 0.353 e. The maximum absolute atomic E-state index is 11.4. The fourth-order valence-corrected chi connectivity index (χ4v) is 3.28. The first kappa shape index (κ1) is 18.9. The van der Waals surface area contributed by atoms with Crippen LogP contribution in [0.3, 0.4) is 0 Å². The Morgan fingerprint density at radius 3 is 2.92 bits per heavy atom. The first-order chi connectivity index (χ1) is 12.5. The molecule has 2 atom stereocenters. The summed E-state index contributed by atoms with van der Waals surface area (Å²) < 4.78 is 14.5. The Morgan fingerprint density at radius 1 is 1.46 bits per heavy atom.